The normalized spacial score (nSPS) is 10.4. The zero-order chi connectivity index (χ0) is 21.9. The number of benzene rings is 3. The Morgan fingerprint density at radius 1 is 0.677 bits per heavy atom. The van der Waals surface area contributed by atoms with Crippen LogP contribution in [-0.4, -0.2) is 18.5 Å². The van der Waals surface area contributed by atoms with E-state index in [4.69, 9.17) is 14.2 Å². The van der Waals surface area contributed by atoms with Gasteiger partial charge >= 0.3 is 11.9 Å². The van der Waals surface area contributed by atoms with Crippen LogP contribution in [-0.2, 0) is 22.4 Å². The number of carbonyl (C=O) groups excluding carboxylic acids is 2. The maximum absolute atomic E-state index is 12.6. The summed E-state index contributed by atoms with van der Waals surface area (Å²) in [6, 6.07) is 23.6. The second-order valence-corrected chi connectivity index (χ2v) is 7.06. The zero-order valence-corrected chi connectivity index (χ0v) is 17.6. The van der Waals surface area contributed by atoms with Crippen molar-refractivity contribution in [2.75, 3.05) is 6.61 Å². The number of para-hydroxylation sites is 1. The Hall–Kier alpha value is -3.60. The Morgan fingerprint density at radius 2 is 1.23 bits per heavy atom. The fraction of sp³-hybridized carbons (Fsp3) is 0.231. The van der Waals surface area contributed by atoms with E-state index in [1.807, 2.05) is 60.7 Å². The molecule has 0 radical (unpaired) electrons. The number of ether oxygens (including phenoxy) is 3. The Balaban J connectivity index is 1.77. The summed E-state index contributed by atoms with van der Waals surface area (Å²) >= 11 is 0. The molecule has 3 aromatic rings. The molecule has 5 heteroatoms. The molecule has 0 bridgehead atoms. The first-order valence-electron chi connectivity index (χ1n) is 10.4. The third kappa shape index (κ3) is 7.00. The molecule has 3 aromatic carbocycles. The summed E-state index contributed by atoms with van der Waals surface area (Å²) in [6.45, 7) is 2.53. The average Bonchev–Trinajstić information content (AvgIpc) is 2.77. The highest BCUT2D eigenvalue weighted by molar-refractivity contribution is 5.79. The fourth-order valence-corrected chi connectivity index (χ4v) is 2.95. The number of hydrogen-bond acceptors (Lipinski definition) is 5. The van der Waals surface area contributed by atoms with E-state index in [2.05, 4.69) is 6.92 Å². The molecule has 0 heterocycles. The van der Waals surface area contributed by atoms with Crippen LogP contribution in [0.3, 0.4) is 0 Å². The molecule has 0 aliphatic rings. The summed E-state index contributed by atoms with van der Waals surface area (Å²) in [5.74, 6) is -0.243. The minimum Gasteiger partial charge on any atom is -0.490 e. The van der Waals surface area contributed by atoms with Crippen LogP contribution in [0.25, 0.3) is 0 Å². The van der Waals surface area contributed by atoms with Crippen molar-refractivity contribution in [3.8, 4) is 17.2 Å². The van der Waals surface area contributed by atoms with Gasteiger partial charge < -0.3 is 14.2 Å². The van der Waals surface area contributed by atoms with Crippen molar-refractivity contribution in [2.45, 2.75) is 32.6 Å². The molecule has 31 heavy (non-hydrogen) atoms. The highest BCUT2D eigenvalue weighted by atomic mass is 16.6. The molecule has 0 saturated carbocycles. The van der Waals surface area contributed by atoms with E-state index in [9.17, 15) is 9.59 Å². The van der Waals surface area contributed by atoms with Crippen LogP contribution in [0.1, 0.15) is 30.9 Å². The largest absolute Gasteiger partial charge is 0.490 e. The quantitative estimate of drug-likeness (QED) is 0.258. The predicted octanol–water partition coefficient (Wildman–Crippen LogP) is 5.16. The van der Waals surface area contributed by atoms with Crippen LogP contribution in [0, 0.1) is 0 Å². The molecular formula is C26H26O5. The lowest BCUT2D eigenvalue weighted by Crippen LogP contribution is -2.16. The summed E-state index contributed by atoms with van der Waals surface area (Å²) < 4.78 is 17.0. The van der Waals surface area contributed by atoms with Gasteiger partial charge in [0.1, 0.15) is 0 Å². The Kier molecular flexibility index (Phi) is 8.23. The van der Waals surface area contributed by atoms with Gasteiger partial charge in [-0.3, -0.25) is 9.59 Å². The van der Waals surface area contributed by atoms with Gasteiger partial charge in [-0.05, 0) is 29.7 Å². The first-order valence-corrected chi connectivity index (χ1v) is 10.4. The van der Waals surface area contributed by atoms with Crippen LogP contribution in [0.5, 0.6) is 17.2 Å². The second-order valence-electron chi connectivity index (χ2n) is 7.06. The van der Waals surface area contributed by atoms with Crippen molar-refractivity contribution >= 4 is 11.9 Å². The summed E-state index contributed by atoms with van der Waals surface area (Å²) in [5.41, 5.74) is 1.67. The predicted molar refractivity (Wildman–Crippen MR) is 118 cm³/mol. The van der Waals surface area contributed by atoms with Gasteiger partial charge in [0.15, 0.2) is 11.5 Å². The monoisotopic (exact) mass is 418 g/mol. The van der Waals surface area contributed by atoms with Crippen LogP contribution in [0.2, 0.25) is 0 Å². The standard InChI is InChI=1S/C26H26O5/c1-2-3-17-29-22-15-10-16-23(30-24(27)18-20-11-6-4-7-12-20)26(22)31-25(28)19-21-13-8-5-9-14-21/h4-16H,2-3,17-19H2,1H3. The maximum Gasteiger partial charge on any atom is 0.315 e. The van der Waals surface area contributed by atoms with Crippen molar-refractivity contribution in [2.24, 2.45) is 0 Å². The molecule has 0 fully saturated rings. The van der Waals surface area contributed by atoms with Crippen LogP contribution in [0.4, 0.5) is 0 Å². The lowest BCUT2D eigenvalue weighted by molar-refractivity contribution is -0.136. The first kappa shape index (κ1) is 22.1. The van der Waals surface area contributed by atoms with Gasteiger partial charge in [0.2, 0.25) is 5.75 Å². The lowest BCUT2D eigenvalue weighted by Gasteiger charge is -2.15. The van der Waals surface area contributed by atoms with E-state index < -0.39 is 11.9 Å². The fourth-order valence-electron chi connectivity index (χ4n) is 2.95. The summed E-state index contributed by atoms with van der Waals surface area (Å²) in [6.07, 6.45) is 2.03. The van der Waals surface area contributed by atoms with Crippen LogP contribution in [0.15, 0.2) is 78.9 Å². The molecule has 3 rings (SSSR count). The van der Waals surface area contributed by atoms with Gasteiger partial charge in [-0.15, -0.1) is 0 Å². The molecule has 0 aromatic heterocycles. The van der Waals surface area contributed by atoms with Crippen molar-refractivity contribution < 1.29 is 23.8 Å². The highest BCUT2D eigenvalue weighted by Gasteiger charge is 2.19. The van der Waals surface area contributed by atoms with Gasteiger partial charge in [-0.25, -0.2) is 0 Å². The van der Waals surface area contributed by atoms with E-state index in [-0.39, 0.29) is 24.3 Å². The Labute approximate surface area is 182 Å². The summed E-state index contributed by atoms with van der Waals surface area (Å²) in [4.78, 5) is 25.1. The zero-order valence-electron chi connectivity index (χ0n) is 17.6. The molecule has 0 amide bonds. The smallest absolute Gasteiger partial charge is 0.315 e. The molecule has 5 nitrogen and oxygen atoms in total. The summed E-state index contributed by atoms with van der Waals surface area (Å²) in [5, 5.41) is 0. The van der Waals surface area contributed by atoms with Gasteiger partial charge in [-0.2, -0.15) is 0 Å². The third-order valence-corrected chi connectivity index (χ3v) is 4.52. The number of rotatable bonds is 10. The molecule has 0 atom stereocenters. The van der Waals surface area contributed by atoms with Gasteiger partial charge in [0, 0.05) is 0 Å². The lowest BCUT2D eigenvalue weighted by atomic mass is 10.1. The number of unbranched alkanes of at least 4 members (excludes halogenated alkanes) is 1. The van der Waals surface area contributed by atoms with E-state index in [1.54, 1.807) is 18.2 Å². The SMILES string of the molecule is CCCCOc1cccc(OC(=O)Cc2ccccc2)c1OC(=O)Cc1ccccc1. The van der Waals surface area contributed by atoms with Crippen molar-refractivity contribution in [1.82, 2.24) is 0 Å². The van der Waals surface area contributed by atoms with Crippen molar-refractivity contribution in [3.05, 3.63) is 90.0 Å². The van der Waals surface area contributed by atoms with Gasteiger partial charge in [0.05, 0.1) is 19.4 Å². The van der Waals surface area contributed by atoms with Crippen molar-refractivity contribution in [3.63, 3.8) is 0 Å². The molecule has 160 valence electrons. The number of carbonyl (C=O) groups is 2. The molecule has 0 unspecified atom stereocenters. The Morgan fingerprint density at radius 3 is 1.81 bits per heavy atom. The second kappa shape index (κ2) is 11.6. The van der Waals surface area contributed by atoms with Gasteiger partial charge in [-0.1, -0.05) is 80.1 Å². The molecule has 0 aliphatic carbocycles. The van der Waals surface area contributed by atoms with E-state index in [0.29, 0.717) is 12.4 Å². The van der Waals surface area contributed by atoms with Crippen LogP contribution >= 0.6 is 0 Å². The number of hydrogen-bond donors (Lipinski definition) is 0. The Bertz CT molecular complexity index is 983. The minimum absolute atomic E-state index is 0.0987. The van der Waals surface area contributed by atoms with E-state index in [0.717, 1.165) is 24.0 Å². The minimum atomic E-state index is -0.460. The molecule has 0 saturated heterocycles. The molecule has 0 spiro atoms. The summed E-state index contributed by atoms with van der Waals surface area (Å²) in [7, 11) is 0. The van der Waals surface area contributed by atoms with Crippen LogP contribution < -0.4 is 14.2 Å². The maximum atomic E-state index is 12.6. The highest BCUT2D eigenvalue weighted by Crippen LogP contribution is 2.38. The molecule has 0 N–H and O–H groups in total. The first-order chi connectivity index (χ1) is 15.2. The molecular weight excluding hydrogens is 392 g/mol. The number of esters is 2. The van der Waals surface area contributed by atoms with Gasteiger partial charge in [0.25, 0.3) is 0 Å². The third-order valence-electron chi connectivity index (χ3n) is 4.52. The van der Waals surface area contributed by atoms with Crippen molar-refractivity contribution in [1.29, 1.82) is 0 Å². The average molecular weight is 418 g/mol. The van der Waals surface area contributed by atoms with E-state index >= 15 is 0 Å². The molecule has 0 aliphatic heterocycles. The van der Waals surface area contributed by atoms with E-state index in [1.165, 1.54) is 0 Å². The topological polar surface area (TPSA) is 61.8 Å².